The van der Waals surface area contributed by atoms with Crippen LogP contribution in [0, 0.1) is 10.1 Å². The Hall–Kier alpha value is -2.31. The molecule has 0 radical (unpaired) electrons. The SMILES string of the molecule is O=[N+]([O-])c1cc(C(F)(F)F)cc2c1NC(O)N2C(F)(F)C(F)F. The molecular weight excluding hydrogens is 343 g/mol. The largest absolute Gasteiger partial charge is 0.416 e. The fourth-order valence-corrected chi connectivity index (χ4v) is 2.01. The van der Waals surface area contributed by atoms with Gasteiger partial charge in [-0.15, -0.1) is 0 Å². The van der Waals surface area contributed by atoms with Crippen LogP contribution in [0.25, 0.3) is 0 Å². The minimum Gasteiger partial charge on any atom is -0.356 e. The molecule has 0 saturated heterocycles. The van der Waals surface area contributed by atoms with Gasteiger partial charge < -0.3 is 10.4 Å². The average molecular weight is 349 g/mol. The molecule has 6 nitrogen and oxygen atoms in total. The summed E-state index contributed by atoms with van der Waals surface area (Å²) in [5.74, 6) is 0. The monoisotopic (exact) mass is 349 g/mol. The quantitative estimate of drug-likeness (QED) is 0.380. The number of aliphatic hydroxyl groups is 1. The van der Waals surface area contributed by atoms with Gasteiger partial charge in [0.25, 0.3) is 5.69 Å². The van der Waals surface area contributed by atoms with Crippen molar-refractivity contribution in [3.8, 4) is 0 Å². The molecule has 0 amide bonds. The number of hydrogen-bond acceptors (Lipinski definition) is 5. The molecule has 0 fully saturated rings. The van der Waals surface area contributed by atoms with Crippen LogP contribution >= 0.6 is 0 Å². The van der Waals surface area contributed by atoms with Crippen LogP contribution in [0.15, 0.2) is 12.1 Å². The molecule has 23 heavy (non-hydrogen) atoms. The van der Waals surface area contributed by atoms with E-state index in [0.29, 0.717) is 0 Å². The highest BCUT2D eigenvalue weighted by Crippen LogP contribution is 2.49. The molecule has 1 aliphatic heterocycles. The Kier molecular flexibility index (Phi) is 3.79. The molecule has 0 saturated carbocycles. The predicted octanol–water partition coefficient (Wildman–Crippen LogP) is 2.98. The van der Waals surface area contributed by atoms with Gasteiger partial charge in [-0.2, -0.15) is 22.0 Å². The summed E-state index contributed by atoms with van der Waals surface area (Å²) < 4.78 is 90.0. The fraction of sp³-hybridized carbons (Fsp3) is 0.400. The van der Waals surface area contributed by atoms with E-state index >= 15 is 0 Å². The second-order valence-electron chi connectivity index (χ2n) is 4.42. The Labute approximate surface area is 122 Å². The predicted molar refractivity (Wildman–Crippen MR) is 61.2 cm³/mol. The van der Waals surface area contributed by atoms with Crippen LogP contribution in [0.4, 0.5) is 47.8 Å². The van der Waals surface area contributed by atoms with Crippen molar-refractivity contribution in [3.05, 3.63) is 27.8 Å². The number of nitrogens with zero attached hydrogens (tertiary/aromatic N) is 2. The molecule has 0 spiro atoms. The van der Waals surface area contributed by atoms with E-state index in [0.717, 1.165) is 0 Å². The second-order valence-corrected chi connectivity index (χ2v) is 4.42. The summed E-state index contributed by atoms with van der Waals surface area (Å²) >= 11 is 0. The van der Waals surface area contributed by atoms with Crippen LogP contribution in [-0.2, 0) is 6.18 Å². The Balaban J connectivity index is 2.71. The molecule has 0 aliphatic carbocycles. The summed E-state index contributed by atoms with van der Waals surface area (Å²) in [6.07, 6.45) is -12.1. The number of fused-ring (bicyclic) bond motifs is 1. The molecular formula is C10H6F7N3O3. The van der Waals surface area contributed by atoms with Gasteiger partial charge >= 0.3 is 18.6 Å². The highest BCUT2D eigenvalue weighted by atomic mass is 19.4. The van der Waals surface area contributed by atoms with Gasteiger partial charge in [0.15, 0.2) is 0 Å². The van der Waals surface area contributed by atoms with Crippen LogP contribution in [-0.4, -0.2) is 28.9 Å². The zero-order chi connectivity index (χ0) is 17.7. The van der Waals surface area contributed by atoms with Crippen molar-refractivity contribution in [1.82, 2.24) is 0 Å². The van der Waals surface area contributed by atoms with E-state index in [9.17, 15) is 46.0 Å². The minimum absolute atomic E-state index is 0.0157. The Bertz CT molecular complexity index is 649. The molecule has 1 aliphatic rings. The van der Waals surface area contributed by atoms with E-state index in [-0.39, 0.29) is 12.1 Å². The smallest absolute Gasteiger partial charge is 0.356 e. The third kappa shape index (κ3) is 2.71. The Morgan fingerprint density at radius 1 is 1.26 bits per heavy atom. The summed E-state index contributed by atoms with van der Waals surface area (Å²) in [5.41, 5.74) is -5.17. The van der Waals surface area contributed by atoms with E-state index in [2.05, 4.69) is 0 Å². The number of anilines is 2. The lowest BCUT2D eigenvalue weighted by Gasteiger charge is -2.30. The molecule has 0 bridgehead atoms. The lowest BCUT2D eigenvalue weighted by molar-refractivity contribution is -0.384. The molecule has 128 valence electrons. The third-order valence-electron chi connectivity index (χ3n) is 2.98. The van der Waals surface area contributed by atoms with E-state index < -0.39 is 57.4 Å². The van der Waals surface area contributed by atoms with Crippen molar-refractivity contribution in [2.75, 3.05) is 10.2 Å². The van der Waals surface area contributed by atoms with Crippen molar-refractivity contribution in [1.29, 1.82) is 0 Å². The first kappa shape index (κ1) is 17.1. The van der Waals surface area contributed by atoms with Gasteiger partial charge in [0.05, 0.1) is 16.2 Å². The summed E-state index contributed by atoms with van der Waals surface area (Å²) in [7, 11) is 0. The summed E-state index contributed by atoms with van der Waals surface area (Å²) in [5, 5.41) is 21.9. The molecule has 2 rings (SSSR count). The van der Waals surface area contributed by atoms with E-state index in [4.69, 9.17) is 0 Å². The van der Waals surface area contributed by atoms with Crippen LogP contribution < -0.4 is 10.2 Å². The van der Waals surface area contributed by atoms with Crippen molar-refractivity contribution < 1.29 is 40.8 Å². The van der Waals surface area contributed by atoms with Crippen LogP contribution in [0.3, 0.4) is 0 Å². The van der Waals surface area contributed by atoms with Gasteiger partial charge in [0.2, 0.25) is 6.35 Å². The van der Waals surface area contributed by atoms with Crippen molar-refractivity contribution in [2.45, 2.75) is 25.0 Å². The first-order chi connectivity index (χ1) is 10.4. The second kappa shape index (κ2) is 5.11. The number of nitro benzene ring substituents is 1. The maximum absolute atomic E-state index is 13.5. The van der Waals surface area contributed by atoms with Crippen molar-refractivity contribution in [3.63, 3.8) is 0 Å². The number of hydrogen-bond donors (Lipinski definition) is 2. The average Bonchev–Trinajstić information content (AvgIpc) is 2.72. The topological polar surface area (TPSA) is 78.6 Å². The van der Waals surface area contributed by atoms with E-state index in [1.165, 1.54) is 0 Å². The Morgan fingerprint density at radius 2 is 1.83 bits per heavy atom. The van der Waals surface area contributed by atoms with Crippen molar-refractivity contribution in [2.24, 2.45) is 0 Å². The Morgan fingerprint density at radius 3 is 2.26 bits per heavy atom. The zero-order valence-electron chi connectivity index (χ0n) is 10.6. The van der Waals surface area contributed by atoms with Crippen LogP contribution in [0.2, 0.25) is 0 Å². The molecule has 0 aromatic heterocycles. The van der Waals surface area contributed by atoms with Gasteiger partial charge in [-0.1, -0.05) is 0 Å². The number of halogens is 7. The van der Waals surface area contributed by atoms with Gasteiger partial charge in [0, 0.05) is 6.07 Å². The lowest BCUT2D eigenvalue weighted by atomic mass is 10.1. The number of nitrogens with one attached hydrogen (secondary N) is 1. The molecule has 1 aromatic rings. The molecule has 1 heterocycles. The fourth-order valence-electron chi connectivity index (χ4n) is 2.01. The molecule has 1 atom stereocenters. The lowest BCUT2D eigenvalue weighted by Crippen LogP contribution is -2.52. The number of rotatable bonds is 3. The molecule has 1 unspecified atom stereocenters. The number of aliphatic hydroxyl groups excluding tert-OH is 1. The van der Waals surface area contributed by atoms with Gasteiger partial charge in [-0.05, 0) is 6.07 Å². The number of benzene rings is 1. The molecule has 13 heteroatoms. The van der Waals surface area contributed by atoms with Gasteiger partial charge in [0.1, 0.15) is 5.69 Å². The first-order valence-electron chi connectivity index (χ1n) is 5.67. The highest BCUT2D eigenvalue weighted by molar-refractivity contribution is 5.85. The molecule has 2 N–H and O–H groups in total. The normalized spacial score (nSPS) is 18.1. The summed E-state index contributed by atoms with van der Waals surface area (Å²) in [4.78, 5) is 8.74. The highest BCUT2D eigenvalue weighted by Gasteiger charge is 2.54. The maximum Gasteiger partial charge on any atom is 0.416 e. The first-order valence-corrected chi connectivity index (χ1v) is 5.67. The van der Waals surface area contributed by atoms with E-state index in [1.807, 2.05) is 0 Å². The number of alkyl halides is 7. The number of nitro groups is 1. The third-order valence-corrected chi connectivity index (χ3v) is 2.98. The van der Waals surface area contributed by atoms with Gasteiger partial charge in [-0.25, -0.2) is 8.78 Å². The summed E-state index contributed by atoms with van der Waals surface area (Å²) in [6, 6.07) is -5.00. The summed E-state index contributed by atoms with van der Waals surface area (Å²) in [6.45, 7) is 0. The maximum atomic E-state index is 13.5. The van der Waals surface area contributed by atoms with Crippen molar-refractivity contribution >= 4 is 17.1 Å². The standard InChI is InChI=1S/C10H6F7N3O3/c11-7(12)10(16,17)19-4-1-3(9(13,14)15)2-5(20(22)23)6(4)18-8(19)21/h1-2,7-8,18,21H. The van der Waals surface area contributed by atoms with Gasteiger partial charge in [-0.3, -0.25) is 15.0 Å². The van der Waals surface area contributed by atoms with Crippen LogP contribution in [0.5, 0.6) is 0 Å². The minimum atomic E-state index is -5.15. The molecule has 1 aromatic carbocycles. The van der Waals surface area contributed by atoms with Crippen LogP contribution in [0.1, 0.15) is 5.56 Å². The zero-order valence-corrected chi connectivity index (χ0v) is 10.6. The van der Waals surface area contributed by atoms with E-state index in [1.54, 1.807) is 5.32 Å².